The summed E-state index contributed by atoms with van der Waals surface area (Å²) in [6.45, 7) is 1.93. The highest BCUT2D eigenvalue weighted by Gasteiger charge is 2.37. The molecule has 0 heterocycles. The Morgan fingerprint density at radius 1 is 1.32 bits per heavy atom. The molecule has 1 fully saturated rings. The zero-order valence-electron chi connectivity index (χ0n) is 10.7. The van der Waals surface area contributed by atoms with Crippen LogP contribution >= 0.6 is 15.9 Å². The van der Waals surface area contributed by atoms with Crippen molar-refractivity contribution < 1.29 is 13.6 Å². The molecule has 1 aromatic rings. The number of anilines is 1. The Kier molecular flexibility index (Phi) is 4.23. The zero-order valence-corrected chi connectivity index (χ0v) is 12.3. The number of halogens is 3. The summed E-state index contributed by atoms with van der Waals surface area (Å²) in [5, 5.41) is 2.81. The van der Waals surface area contributed by atoms with Gasteiger partial charge in [-0.2, -0.15) is 0 Å². The van der Waals surface area contributed by atoms with E-state index >= 15 is 0 Å². The first-order valence-electron chi connectivity index (χ1n) is 6.32. The largest absolute Gasteiger partial charge is 0.326 e. The lowest BCUT2D eigenvalue weighted by Gasteiger charge is -2.27. The topological polar surface area (TPSA) is 29.1 Å². The van der Waals surface area contributed by atoms with Crippen LogP contribution in [0.15, 0.2) is 22.7 Å². The van der Waals surface area contributed by atoms with E-state index in [4.69, 9.17) is 0 Å². The summed E-state index contributed by atoms with van der Waals surface area (Å²) in [5.41, 5.74) is 1.73. The monoisotopic (exact) mass is 331 g/mol. The lowest BCUT2D eigenvalue weighted by molar-refractivity contribution is -0.124. The molecule has 2 rings (SSSR count). The number of carbonyl (C=O) groups is 1. The molecule has 1 saturated carbocycles. The first-order valence-corrected chi connectivity index (χ1v) is 7.11. The summed E-state index contributed by atoms with van der Waals surface area (Å²) >= 11 is 3.36. The van der Waals surface area contributed by atoms with Gasteiger partial charge in [-0.3, -0.25) is 4.79 Å². The molecule has 5 heteroatoms. The summed E-state index contributed by atoms with van der Waals surface area (Å²) < 4.78 is 27.0. The van der Waals surface area contributed by atoms with E-state index in [0.717, 1.165) is 10.0 Å². The maximum Gasteiger partial charge on any atom is 0.248 e. The van der Waals surface area contributed by atoms with Crippen LogP contribution in [0.3, 0.4) is 0 Å². The fraction of sp³-hybridized carbons (Fsp3) is 0.500. The fourth-order valence-electron chi connectivity index (χ4n) is 2.36. The quantitative estimate of drug-likeness (QED) is 0.848. The normalized spacial score (nSPS) is 19.2. The van der Waals surface area contributed by atoms with E-state index in [1.807, 2.05) is 25.1 Å². The van der Waals surface area contributed by atoms with E-state index in [1.165, 1.54) is 0 Å². The second kappa shape index (κ2) is 5.57. The molecule has 1 N–H and O–H groups in total. The van der Waals surface area contributed by atoms with Gasteiger partial charge in [0.25, 0.3) is 0 Å². The average molecular weight is 332 g/mol. The van der Waals surface area contributed by atoms with Crippen molar-refractivity contribution in [1.29, 1.82) is 0 Å². The summed E-state index contributed by atoms with van der Waals surface area (Å²) in [7, 11) is 0. The van der Waals surface area contributed by atoms with Crippen LogP contribution in [0.1, 0.15) is 31.2 Å². The molecule has 0 unspecified atom stereocenters. The summed E-state index contributed by atoms with van der Waals surface area (Å²) in [6, 6.07) is 5.61. The number of nitrogens with one attached hydrogen (secondary N) is 1. The number of hydrogen-bond acceptors (Lipinski definition) is 1. The van der Waals surface area contributed by atoms with Gasteiger partial charge in [-0.15, -0.1) is 0 Å². The Labute approximate surface area is 119 Å². The first-order chi connectivity index (χ1) is 8.85. The van der Waals surface area contributed by atoms with Crippen LogP contribution in [0.5, 0.6) is 0 Å². The molecular weight excluding hydrogens is 316 g/mol. The van der Waals surface area contributed by atoms with E-state index in [0.29, 0.717) is 5.69 Å². The van der Waals surface area contributed by atoms with E-state index in [9.17, 15) is 13.6 Å². The van der Waals surface area contributed by atoms with Crippen molar-refractivity contribution >= 4 is 27.5 Å². The molecule has 0 aliphatic heterocycles. The van der Waals surface area contributed by atoms with Gasteiger partial charge in [0.05, 0.1) is 0 Å². The molecule has 0 spiro atoms. The molecule has 0 atom stereocenters. The van der Waals surface area contributed by atoms with E-state index in [1.54, 1.807) is 0 Å². The third kappa shape index (κ3) is 4.00. The zero-order chi connectivity index (χ0) is 14.0. The summed E-state index contributed by atoms with van der Waals surface area (Å²) in [4.78, 5) is 12.0. The van der Waals surface area contributed by atoms with Gasteiger partial charge in [-0.05, 0) is 43.5 Å². The van der Waals surface area contributed by atoms with Crippen LogP contribution in [-0.2, 0) is 4.79 Å². The molecule has 1 amide bonds. The molecule has 0 radical (unpaired) electrons. The third-order valence-corrected chi connectivity index (χ3v) is 3.86. The number of aryl methyl sites for hydroxylation is 1. The van der Waals surface area contributed by atoms with Gasteiger partial charge in [0.2, 0.25) is 11.8 Å². The van der Waals surface area contributed by atoms with E-state index in [-0.39, 0.29) is 37.5 Å². The van der Waals surface area contributed by atoms with Crippen LogP contribution in [0, 0.1) is 12.8 Å². The van der Waals surface area contributed by atoms with Gasteiger partial charge in [-0.25, -0.2) is 8.78 Å². The minimum atomic E-state index is -2.59. The minimum absolute atomic E-state index is 0.159. The highest BCUT2D eigenvalue weighted by Crippen LogP contribution is 2.36. The van der Waals surface area contributed by atoms with Crippen molar-refractivity contribution in [2.45, 2.75) is 38.5 Å². The highest BCUT2D eigenvalue weighted by molar-refractivity contribution is 9.10. The summed E-state index contributed by atoms with van der Waals surface area (Å²) in [5.74, 6) is -3.06. The maximum atomic E-state index is 13.0. The predicted molar refractivity (Wildman–Crippen MR) is 74.4 cm³/mol. The first kappa shape index (κ1) is 14.4. The van der Waals surface area contributed by atoms with Gasteiger partial charge in [0.15, 0.2) is 0 Å². The van der Waals surface area contributed by atoms with Crippen LogP contribution in [-0.4, -0.2) is 11.8 Å². The van der Waals surface area contributed by atoms with Crippen molar-refractivity contribution in [3.8, 4) is 0 Å². The second-order valence-electron chi connectivity index (χ2n) is 5.14. The van der Waals surface area contributed by atoms with Crippen LogP contribution in [0.4, 0.5) is 14.5 Å². The highest BCUT2D eigenvalue weighted by atomic mass is 79.9. The number of benzene rings is 1. The van der Waals surface area contributed by atoms with Crippen molar-refractivity contribution in [1.82, 2.24) is 0 Å². The molecular formula is C14H16BrF2NO. The van der Waals surface area contributed by atoms with Crippen LogP contribution in [0.25, 0.3) is 0 Å². The number of alkyl halides is 2. The fourth-order valence-corrected chi connectivity index (χ4v) is 2.96. The van der Waals surface area contributed by atoms with Crippen LogP contribution in [0.2, 0.25) is 0 Å². The molecule has 0 aromatic heterocycles. The number of hydrogen-bond donors (Lipinski definition) is 1. The molecule has 1 aliphatic carbocycles. The molecule has 0 saturated heterocycles. The molecule has 1 aromatic carbocycles. The average Bonchev–Trinajstić information content (AvgIpc) is 2.26. The van der Waals surface area contributed by atoms with Gasteiger partial charge in [0, 0.05) is 28.9 Å². The molecule has 0 bridgehead atoms. The minimum Gasteiger partial charge on any atom is -0.326 e. The van der Waals surface area contributed by atoms with Crippen molar-refractivity contribution in [2.24, 2.45) is 5.92 Å². The Hall–Kier alpha value is -0.970. The number of amides is 1. The molecule has 1 aliphatic rings. The lowest BCUT2D eigenvalue weighted by Crippen LogP contribution is -2.31. The standard InChI is InChI=1S/C14H16BrF2NO/c1-9-6-11(15)8-12(7-9)18-13(19)10-2-4-14(16,17)5-3-10/h6-8,10H,2-5H2,1H3,(H,18,19). The smallest absolute Gasteiger partial charge is 0.248 e. The molecule has 19 heavy (non-hydrogen) atoms. The second-order valence-corrected chi connectivity index (χ2v) is 6.05. The van der Waals surface area contributed by atoms with Crippen LogP contribution < -0.4 is 5.32 Å². The van der Waals surface area contributed by atoms with Gasteiger partial charge < -0.3 is 5.32 Å². The maximum absolute atomic E-state index is 13.0. The Morgan fingerprint density at radius 2 is 1.95 bits per heavy atom. The third-order valence-electron chi connectivity index (χ3n) is 3.40. The summed E-state index contributed by atoms with van der Waals surface area (Å²) in [6.07, 6.45) is 0.128. The predicted octanol–water partition coefficient (Wildman–Crippen LogP) is 4.52. The SMILES string of the molecule is Cc1cc(Br)cc(NC(=O)C2CCC(F)(F)CC2)c1. The Bertz CT molecular complexity index is 460. The Morgan fingerprint density at radius 3 is 2.53 bits per heavy atom. The van der Waals surface area contributed by atoms with Crippen molar-refractivity contribution in [2.75, 3.05) is 5.32 Å². The Balaban J connectivity index is 1.98. The van der Waals surface area contributed by atoms with E-state index in [2.05, 4.69) is 21.2 Å². The van der Waals surface area contributed by atoms with Gasteiger partial charge >= 0.3 is 0 Å². The number of rotatable bonds is 2. The van der Waals surface area contributed by atoms with Crippen molar-refractivity contribution in [3.63, 3.8) is 0 Å². The van der Waals surface area contributed by atoms with Crippen molar-refractivity contribution in [3.05, 3.63) is 28.2 Å². The number of carbonyl (C=O) groups excluding carboxylic acids is 1. The molecule has 104 valence electrons. The van der Waals surface area contributed by atoms with Gasteiger partial charge in [0.1, 0.15) is 0 Å². The lowest BCUT2D eigenvalue weighted by atomic mass is 9.86. The van der Waals surface area contributed by atoms with Gasteiger partial charge in [-0.1, -0.05) is 15.9 Å². The molecule has 2 nitrogen and oxygen atoms in total. The van der Waals surface area contributed by atoms with E-state index < -0.39 is 5.92 Å².